The zero-order valence-electron chi connectivity index (χ0n) is 14.5. The van der Waals surface area contributed by atoms with Gasteiger partial charge in [0, 0.05) is 0 Å². The molecular formula is C18H19N3O4S. The lowest BCUT2D eigenvalue weighted by Crippen LogP contribution is -2.24. The largest absolute Gasteiger partial charge is 0.496 e. The van der Waals surface area contributed by atoms with Gasteiger partial charge in [-0.25, -0.2) is 13.1 Å². The van der Waals surface area contributed by atoms with Gasteiger partial charge in [0.1, 0.15) is 5.75 Å². The summed E-state index contributed by atoms with van der Waals surface area (Å²) in [6.45, 7) is 1.84. The molecule has 3 rings (SSSR count). The van der Waals surface area contributed by atoms with Crippen LogP contribution < -0.4 is 9.46 Å². The smallest absolute Gasteiger partial charge is 0.251 e. The molecule has 0 aliphatic heterocycles. The van der Waals surface area contributed by atoms with Crippen molar-refractivity contribution in [1.29, 1.82) is 0 Å². The first-order valence-electron chi connectivity index (χ1n) is 7.95. The van der Waals surface area contributed by atoms with E-state index in [0.717, 1.165) is 11.1 Å². The van der Waals surface area contributed by atoms with Crippen molar-refractivity contribution < 1.29 is 17.6 Å². The molecule has 0 fully saturated rings. The highest BCUT2D eigenvalue weighted by Crippen LogP contribution is 2.28. The molecule has 0 amide bonds. The molecule has 0 aliphatic carbocycles. The fourth-order valence-corrected chi connectivity index (χ4v) is 3.56. The van der Waals surface area contributed by atoms with Crippen molar-refractivity contribution in [2.45, 2.75) is 19.2 Å². The van der Waals surface area contributed by atoms with E-state index in [1.165, 1.54) is 0 Å². The third-order valence-corrected chi connectivity index (χ3v) is 4.98. The van der Waals surface area contributed by atoms with Crippen LogP contribution in [-0.2, 0) is 22.3 Å². The van der Waals surface area contributed by atoms with E-state index in [1.54, 1.807) is 25.3 Å². The first-order valence-corrected chi connectivity index (χ1v) is 9.61. The number of aryl methyl sites for hydroxylation is 1. The van der Waals surface area contributed by atoms with Crippen LogP contribution in [-0.4, -0.2) is 25.7 Å². The Labute approximate surface area is 152 Å². The molecule has 26 heavy (non-hydrogen) atoms. The molecule has 0 saturated heterocycles. The zero-order valence-corrected chi connectivity index (χ0v) is 15.3. The molecule has 3 aromatic rings. The van der Waals surface area contributed by atoms with Crippen molar-refractivity contribution >= 4 is 10.0 Å². The molecule has 0 radical (unpaired) electrons. The van der Waals surface area contributed by atoms with Gasteiger partial charge < -0.3 is 9.15 Å². The monoisotopic (exact) mass is 373 g/mol. The highest BCUT2D eigenvalue weighted by molar-refractivity contribution is 7.88. The number of ether oxygens (including phenoxy) is 1. The van der Waals surface area contributed by atoms with E-state index in [2.05, 4.69) is 14.9 Å². The summed E-state index contributed by atoms with van der Waals surface area (Å²) in [5, 5.41) is 7.85. The van der Waals surface area contributed by atoms with Crippen LogP contribution in [0.25, 0.3) is 11.5 Å². The summed E-state index contributed by atoms with van der Waals surface area (Å²) >= 11 is 0. The molecule has 0 unspecified atom stereocenters. The minimum absolute atomic E-state index is 0.0731. The molecule has 1 aromatic heterocycles. The normalized spacial score (nSPS) is 11.5. The lowest BCUT2D eigenvalue weighted by atomic mass is 10.2. The average Bonchev–Trinajstić information content (AvgIpc) is 3.08. The van der Waals surface area contributed by atoms with Crippen LogP contribution >= 0.6 is 0 Å². The number of nitrogens with zero attached hydrogens (tertiary/aromatic N) is 2. The molecule has 136 valence electrons. The summed E-state index contributed by atoms with van der Waals surface area (Å²) in [4.78, 5) is 0. The predicted molar refractivity (Wildman–Crippen MR) is 96.9 cm³/mol. The fourth-order valence-electron chi connectivity index (χ4n) is 2.50. The number of hydrogen-bond acceptors (Lipinski definition) is 6. The molecule has 0 saturated carbocycles. The maximum Gasteiger partial charge on any atom is 0.251 e. The third-order valence-electron chi connectivity index (χ3n) is 3.69. The first kappa shape index (κ1) is 18.1. The van der Waals surface area contributed by atoms with Gasteiger partial charge in [0.2, 0.25) is 15.9 Å². The summed E-state index contributed by atoms with van der Waals surface area (Å²) in [5.74, 6) is 0.944. The topological polar surface area (TPSA) is 94.3 Å². The summed E-state index contributed by atoms with van der Waals surface area (Å²) < 4.78 is 37.8. The van der Waals surface area contributed by atoms with E-state index >= 15 is 0 Å². The Hall–Kier alpha value is -2.71. The quantitative estimate of drug-likeness (QED) is 0.684. The standard InChI is InChI=1S/C18H19N3O4S/c1-13-6-5-7-14(10-13)12-26(22,23)19-11-17-20-21-18(25-17)15-8-3-4-9-16(15)24-2/h3-10,19H,11-12H2,1-2H3. The molecule has 8 heteroatoms. The first-order chi connectivity index (χ1) is 12.5. The second-order valence-corrected chi connectivity index (χ2v) is 7.58. The van der Waals surface area contributed by atoms with E-state index < -0.39 is 10.0 Å². The molecule has 0 atom stereocenters. The van der Waals surface area contributed by atoms with Crippen molar-refractivity contribution in [3.8, 4) is 17.2 Å². The summed E-state index contributed by atoms with van der Waals surface area (Å²) in [7, 11) is -1.97. The minimum Gasteiger partial charge on any atom is -0.496 e. The Bertz CT molecular complexity index is 999. The zero-order chi connectivity index (χ0) is 18.6. The SMILES string of the molecule is COc1ccccc1-c1nnc(CNS(=O)(=O)Cc2cccc(C)c2)o1. The van der Waals surface area contributed by atoms with Gasteiger partial charge in [-0.2, -0.15) is 0 Å². The van der Waals surface area contributed by atoms with Crippen LogP contribution in [0.4, 0.5) is 0 Å². The number of benzene rings is 2. The van der Waals surface area contributed by atoms with Crippen LogP contribution in [0.3, 0.4) is 0 Å². The number of methoxy groups -OCH3 is 1. The van der Waals surface area contributed by atoms with Gasteiger partial charge in [0.05, 0.1) is 25.0 Å². The predicted octanol–water partition coefficient (Wildman–Crippen LogP) is 2.67. The van der Waals surface area contributed by atoms with Gasteiger partial charge in [-0.1, -0.05) is 42.0 Å². The number of rotatable bonds is 7. The van der Waals surface area contributed by atoms with Crippen molar-refractivity contribution in [2.24, 2.45) is 0 Å². The van der Waals surface area contributed by atoms with Crippen molar-refractivity contribution in [3.05, 3.63) is 65.5 Å². The van der Waals surface area contributed by atoms with Gasteiger partial charge in [-0.15, -0.1) is 10.2 Å². The number of sulfonamides is 1. The van der Waals surface area contributed by atoms with E-state index in [4.69, 9.17) is 9.15 Å². The van der Waals surface area contributed by atoms with E-state index in [1.807, 2.05) is 37.3 Å². The van der Waals surface area contributed by atoms with Crippen molar-refractivity contribution in [1.82, 2.24) is 14.9 Å². The Balaban J connectivity index is 1.68. The van der Waals surface area contributed by atoms with Crippen LogP contribution in [0.5, 0.6) is 5.75 Å². The highest BCUT2D eigenvalue weighted by atomic mass is 32.2. The van der Waals surface area contributed by atoms with Crippen molar-refractivity contribution in [2.75, 3.05) is 7.11 Å². The lowest BCUT2D eigenvalue weighted by Gasteiger charge is -2.06. The summed E-state index contributed by atoms with van der Waals surface area (Å²) in [6, 6.07) is 14.6. The highest BCUT2D eigenvalue weighted by Gasteiger charge is 2.16. The molecule has 1 N–H and O–H groups in total. The second-order valence-electron chi connectivity index (χ2n) is 5.77. The number of para-hydroxylation sites is 1. The number of aromatic nitrogens is 2. The van der Waals surface area contributed by atoms with Crippen LogP contribution in [0.2, 0.25) is 0 Å². The molecule has 7 nitrogen and oxygen atoms in total. The van der Waals surface area contributed by atoms with Gasteiger partial charge in [0.25, 0.3) is 5.89 Å². The Morgan fingerprint density at radius 1 is 1.12 bits per heavy atom. The average molecular weight is 373 g/mol. The summed E-state index contributed by atoms with van der Waals surface area (Å²) in [5.41, 5.74) is 2.38. The molecular weight excluding hydrogens is 354 g/mol. The van der Waals surface area contributed by atoms with Crippen molar-refractivity contribution in [3.63, 3.8) is 0 Å². The summed E-state index contributed by atoms with van der Waals surface area (Å²) in [6.07, 6.45) is 0. The third kappa shape index (κ3) is 4.47. The van der Waals surface area contributed by atoms with Crippen LogP contribution in [0, 0.1) is 6.92 Å². The molecule has 0 aliphatic rings. The number of hydrogen-bond donors (Lipinski definition) is 1. The maximum absolute atomic E-state index is 12.2. The fraction of sp³-hybridized carbons (Fsp3) is 0.222. The van der Waals surface area contributed by atoms with Crippen LogP contribution in [0.15, 0.2) is 52.9 Å². The van der Waals surface area contributed by atoms with Gasteiger partial charge >= 0.3 is 0 Å². The van der Waals surface area contributed by atoms with Gasteiger partial charge in [-0.3, -0.25) is 0 Å². The second kappa shape index (κ2) is 7.67. The molecule has 0 spiro atoms. The Morgan fingerprint density at radius 3 is 2.69 bits per heavy atom. The Kier molecular flexibility index (Phi) is 5.34. The maximum atomic E-state index is 12.2. The van der Waals surface area contributed by atoms with E-state index in [9.17, 15) is 8.42 Å². The Morgan fingerprint density at radius 2 is 1.92 bits per heavy atom. The lowest BCUT2D eigenvalue weighted by molar-refractivity contribution is 0.413. The van der Waals surface area contributed by atoms with E-state index in [-0.39, 0.29) is 24.1 Å². The van der Waals surface area contributed by atoms with E-state index in [0.29, 0.717) is 11.3 Å². The minimum atomic E-state index is -3.52. The molecule has 0 bridgehead atoms. The van der Waals surface area contributed by atoms with Gasteiger partial charge in [0.15, 0.2) is 0 Å². The molecule has 1 heterocycles. The molecule has 2 aromatic carbocycles. The van der Waals surface area contributed by atoms with Crippen LogP contribution in [0.1, 0.15) is 17.0 Å². The van der Waals surface area contributed by atoms with Gasteiger partial charge in [-0.05, 0) is 24.6 Å². The number of nitrogens with one attached hydrogen (secondary N) is 1.